The highest BCUT2D eigenvalue weighted by atomic mass is 35.5. The second kappa shape index (κ2) is 6.10. The van der Waals surface area contributed by atoms with Gasteiger partial charge in [-0.15, -0.1) is 11.6 Å². The number of carbonyl (C=O) groups is 1. The van der Waals surface area contributed by atoms with E-state index in [0.717, 1.165) is 25.7 Å². The van der Waals surface area contributed by atoms with E-state index in [4.69, 9.17) is 23.2 Å². The van der Waals surface area contributed by atoms with Crippen molar-refractivity contribution >= 4 is 29.1 Å². The van der Waals surface area contributed by atoms with Crippen LogP contribution in [0.5, 0.6) is 0 Å². The largest absolute Gasteiger partial charge is 0.337 e. The minimum atomic E-state index is -0.577. The van der Waals surface area contributed by atoms with E-state index in [9.17, 15) is 9.18 Å². The third kappa shape index (κ3) is 3.03. The average Bonchev–Trinajstić information content (AvgIpc) is 2.41. The summed E-state index contributed by atoms with van der Waals surface area (Å²) in [5.74, 6) is -0.853. The molecule has 19 heavy (non-hydrogen) atoms. The summed E-state index contributed by atoms with van der Waals surface area (Å²) in [4.78, 5) is 14.0. The van der Waals surface area contributed by atoms with Gasteiger partial charge >= 0.3 is 0 Å². The molecule has 0 spiro atoms. The van der Waals surface area contributed by atoms with Gasteiger partial charge in [0.25, 0.3) is 5.91 Å². The average molecular weight is 304 g/mol. The van der Waals surface area contributed by atoms with Gasteiger partial charge in [0.1, 0.15) is 5.82 Å². The van der Waals surface area contributed by atoms with Crippen molar-refractivity contribution in [3.63, 3.8) is 0 Å². The number of amides is 1. The summed E-state index contributed by atoms with van der Waals surface area (Å²) in [7, 11) is 1.70. The lowest BCUT2D eigenvalue weighted by molar-refractivity contribution is 0.0700. The van der Waals surface area contributed by atoms with Gasteiger partial charge in [0.15, 0.2) is 0 Å². The van der Waals surface area contributed by atoms with Gasteiger partial charge in [-0.05, 0) is 25.0 Å². The van der Waals surface area contributed by atoms with Gasteiger partial charge in [-0.1, -0.05) is 30.5 Å². The summed E-state index contributed by atoms with van der Waals surface area (Å²) in [5.41, 5.74) is 0.193. The molecule has 1 saturated carbocycles. The SMILES string of the molecule is CN(C(=O)c1cccc(F)c1Cl)C1CCCCC1Cl. The zero-order chi connectivity index (χ0) is 14.0. The fraction of sp³-hybridized carbons (Fsp3) is 0.500. The highest BCUT2D eigenvalue weighted by Crippen LogP contribution is 2.29. The number of hydrogen-bond acceptors (Lipinski definition) is 1. The Morgan fingerprint density at radius 1 is 1.37 bits per heavy atom. The van der Waals surface area contributed by atoms with E-state index in [1.165, 1.54) is 18.2 Å². The first-order valence-electron chi connectivity index (χ1n) is 6.37. The molecule has 1 amide bonds. The van der Waals surface area contributed by atoms with Crippen LogP contribution in [-0.4, -0.2) is 29.3 Å². The van der Waals surface area contributed by atoms with Gasteiger partial charge in [-0.2, -0.15) is 0 Å². The Labute approximate surface area is 122 Å². The summed E-state index contributed by atoms with van der Waals surface area (Å²) in [6, 6.07) is 4.25. The van der Waals surface area contributed by atoms with Crippen LogP contribution < -0.4 is 0 Å². The number of rotatable bonds is 2. The Kier molecular flexibility index (Phi) is 4.69. The number of benzene rings is 1. The molecule has 2 nitrogen and oxygen atoms in total. The lowest BCUT2D eigenvalue weighted by Crippen LogP contribution is -2.44. The molecule has 0 saturated heterocycles. The van der Waals surface area contributed by atoms with E-state index < -0.39 is 5.82 Å². The highest BCUT2D eigenvalue weighted by Gasteiger charge is 2.30. The highest BCUT2D eigenvalue weighted by molar-refractivity contribution is 6.34. The number of hydrogen-bond donors (Lipinski definition) is 0. The first-order valence-corrected chi connectivity index (χ1v) is 7.19. The molecule has 2 atom stereocenters. The van der Waals surface area contributed by atoms with Crippen molar-refractivity contribution in [3.8, 4) is 0 Å². The standard InChI is InChI=1S/C14H16Cl2FNO/c1-18(12-8-3-2-6-10(12)15)14(19)9-5-4-7-11(17)13(9)16/h4-5,7,10,12H,2-3,6,8H2,1H3. The van der Waals surface area contributed by atoms with Gasteiger partial charge < -0.3 is 4.90 Å². The second-order valence-corrected chi connectivity index (χ2v) is 5.82. The molecule has 1 aromatic rings. The fourth-order valence-corrected chi connectivity index (χ4v) is 3.17. The maximum Gasteiger partial charge on any atom is 0.255 e. The summed E-state index contributed by atoms with van der Waals surface area (Å²) in [5, 5.41) is -0.170. The van der Waals surface area contributed by atoms with Crippen LogP contribution in [0.1, 0.15) is 36.0 Å². The van der Waals surface area contributed by atoms with Crippen LogP contribution in [0.4, 0.5) is 4.39 Å². The molecule has 0 heterocycles. The maximum atomic E-state index is 13.4. The first kappa shape index (κ1) is 14.6. The molecule has 104 valence electrons. The van der Waals surface area contributed by atoms with Crippen LogP contribution in [0.2, 0.25) is 5.02 Å². The third-order valence-electron chi connectivity index (χ3n) is 3.65. The zero-order valence-electron chi connectivity index (χ0n) is 10.7. The molecule has 1 fully saturated rings. The predicted molar refractivity (Wildman–Crippen MR) is 75.4 cm³/mol. The van der Waals surface area contributed by atoms with Gasteiger partial charge in [0.05, 0.1) is 16.0 Å². The van der Waals surface area contributed by atoms with Crippen LogP contribution >= 0.6 is 23.2 Å². The predicted octanol–water partition coefficient (Wildman–Crippen LogP) is 4.10. The second-order valence-electron chi connectivity index (χ2n) is 4.89. The van der Waals surface area contributed by atoms with Crippen LogP contribution in [0.3, 0.4) is 0 Å². The summed E-state index contributed by atoms with van der Waals surface area (Å²) in [6.45, 7) is 0. The number of carbonyl (C=O) groups excluding carboxylic acids is 1. The molecule has 0 aromatic heterocycles. The van der Waals surface area contributed by atoms with Crippen LogP contribution in [0, 0.1) is 5.82 Å². The molecule has 0 N–H and O–H groups in total. The lowest BCUT2D eigenvalue weighted by atomic mass is 9.93. The van der Waals surface area contributed by atoms with Crippen LogP contribution in [0.25, 0.3) is 0 Å². The molecule has 5 heteroatoms. The number of nitrogens with zero attached hydrogens (tertiary/aromatic N) is 1. The van der Waals surface area contributed by atoms with E-state index >= 15 is 0 Å². The van der Waals surface area contributed by atoms with E-state index in [0.29, 0.717) is 0 Å². The Balaban J connectivity index is 2.21. The molecule has 1 aliphatic rings. The Morgan fingerprint density at radius 3 is 2.74 bits per heavy atom. The molecule has 2 rings (SSSR count). The van der Waals surface area contributed by atoms with Crippen LogP contribution in [-0.2, 0) is 0 Å². The normalized spacial score (nSPS) is 23.2. The van der Waals surface area contributed by atoms with Gasteiger partial charge in [0.2, 0.25) is 0 Å². The monoisotopic (exact) mass is 303 g/mol. The van der Waals surface area contributed by atoms with E-state index in [1.54, 1.807) is 11.9 Å². The van der Waals surface area contributed by atoms with Gasteiger partial charge in [0, 0.05) is 13.1 Å². The molecule has 0 radical (unpaired) electrons. The minimum Gasteiger partial charge on any atom is -0.337 e. The van der Waals surface area contributed by atoms with Crippen molar-refractivity contribution in [1.82, 2.24) is 4.90 Å². The maximum absolute atomic E-state index is 13.4. The van der Waals surface area contributed by atoms with E-state index in [1.807, 2.05) is 0 Å². The quantitative estimate of drug-likeness (QED) is 0.753. The topological polar surface area (TPSA) is 20.3 Å². The van der Waals surface area contributed by atoms with Crippen LogP contribution in [0.15, 0.2) is 18.2 Å². The molecule has 0 aliphatic heterocycles. The molecular weight excluding hydrogens is 288 g/mol. The lowest BCUT2D eigenvalue weighted by Gasteiger charge is -2.35. The van der Waals surface area contributed by atoms with Crippen molar-refractivity contribution in [3.05, 3.63) is 34.6 Å². The minimum absolute atomic E-state index is 0.0118. The summed E-state index contributed by atoms with van der Waals surface area (Å²) in [6.07, 6.45) is 3.93. The first-order chi connectivity index (χ1) is 9.02. The van der Waals surface area contributed by atoms with Crippen molar-refractivity contribution in [2.24, 2.45) is 0 Å². The fourth-order valence-electron chi connectivity index (χ4n) is 2.51. The van der Waals surface area contributed by atoms with E-state index in [-0.39, 0.29) is 27.9 Å². The Bertz CT molecular complexity index is 481. The Hall–Kier alpha value is -0.800. The number of alkyl halides is 1. The summed E-state index contributed by atoms with van der Waals surface area (Å²) >= 11 is 12.1. The van der Waals surface area contributed by atoms with Crippen molar-refractivity contribution in [2.75, 3.05) is 7.05 Å². The summed E-state index contributed by atoms with van der Waals surface area (Å²) < 4.78 is 13.4. The third-order valence-corrected chi connectivity index (χ3v) is 4.54. The number of halogens is 3. The molecule has 2 unspecified atom stereocenters. The molecule has 1 aliphatic carbocycles. The molecular formula is C14H16Cl2FNO. The zero-order valence-corrected chi connectivity index (χ0v) is 12.2. The van der Waals surface area contributed by atoms with Crippen molar-refractivity contribution in [1.29, 1.82) is 0 Å². The Morgan fingerprint density at radius 2 is 2.05 bits per heavy atom. The van der Waals surface area contributed by atoms with Crippen molar-refractivity contribution in [2.45, 2.75) is 37.1 Å². The smallest absolute Gasteiger partial charge is 0.255 e. The van der Waals surface area contributed by atoms with E-state index in [2.05, 4.69) is 0 Å². The van der Waals surface area contributed by atoms with Crippen molar-refractivity contribution < 1.29 is 9.18 Å². The van der Waals surface area contributed by atoms with Gasteiger partial charge in [-0.25, -0.2) is 4.39 Å². The van der Waals surface area contributed by atoms with Gasteiger partial charge in [-0.3, -0.25) is 4.79 Å². The molecule has 0 bridgehead atoms. The molecule has 1 aromatic carbocycles.